The lowest BCUT2D eigenvalue weighted by Gasteiger charge is -2.30. The first-order chi connectivity index (χ1) is 14.3. The van der Waals surface area contributed by atoms with Crippen molar-refractivity contribution in [3.63, 3.8) is 0 Å². The van der Waals surface area contributed by atoms with Gasteiger partial charge in [0.1, 0.15) is 23.3 Å². The summed E-state index contributed by atoms with van der Waals surface area (Å²) in [5.41, 5.74) is -2.68. The molecular weight excluding hydrogens is 394 g/mol. The quantitative estimate of drug-likeness (QED) is 0.570. The topological polar surface area (TPSA) is 76.0 Å². The van der Waals surface area contributed by atoms with Gasteiger partial charge < -0.3 is 4.74 Å². The second-order valence-electron chi connectivity index (χ2n) is 7.49. The van der Waals surface area contributed by atoms with E-state index in [2.05, 4.69) is 4.99 Å². The molecule has 30 heavy (non-hydrogen) atoms. The van der Waals surface area contributed by atoms with Crippen molar-refractivity contribution < 1.29 is 27.9 Å². The molecule has 6 nitrogen and oxygen atoms in total. The van der Waals surface area contributed by atoms with Crippen LogP contribution in [-0.2, 0) is 24.8 Å². The lowest BCUT2D eigenvalue weighted by Crippen LogP contribution is -2.42. The molecule has 8 heteroatoms. The average Bonchev–Trinajstić information content (AvgIpc) is 3.20. The third kappa shape index (κ3) is 2.91. The van der Waals surface area contributed by atoms with Crippen LogP contribution < -0.4 is 4.90 Å². The number of ether oxygens (including phenoxy) is 1. The molecule has 2 amide bonds. The lowest BCUT2D eigenvalue weighted by atomic mass is 9.87. The SMILES string of the molecule is CC(C)C1=N[C@@](c2c(F)cccc2F)([C@@H]2CC(=O)N(c3ccccc3)C2=O)OC1=O. The highest BCUT2D eigenvalue weighted by atomic mass is 19.1. The Balaban J connectivity index is 1.90. The molecule has 0 radical (unpaired) electrons. The number of hydrogen-bond donors (Lipinski definition) is 0. The maximum Gasteiger partial charge on any atom is 0.355 e. The first-order valence-corrected chi connectivity index (χ1v) is 9.45. The van der Waals surface area contributed by atoms with Crippen LogP contribution >= 0.6 is 0 Å². The van der Waals surface area contributed by atoms with E-state index in [0.29, 0.717) is 5.69 Å². The van der Waals surface area contributed by atoms with E-state index in [4.69, 9.17) is 4.74 Å². The first kappa shape index (κ1) is 19.9. The summed E-state index contributed by atoms with van der Waals surface area (Å²) in [4.78, 5) is 43.7. The lowest BCUT2D eigenvalue weighted by molar-refractivity contribution is -0.157. The number of anilines is 1. The maximum absolute atomic E-state index is 14.8. The predicted octanol–water partition coefficient (Wildman–Crippen LogP) is 3.35. The Kier molecular flexibility index (Phi) is 4.72. The van der Waals surface area contributed by atoms with Gasteiger partial charge in [-0.1, -0.05) is 38.1 Å². The molecule has 0 N–H and O–H groups in total. The molecule has 0 saturated carbocycles. The van der Waals surface area contributed by atoms with Crippen LogP contribution in [0.25, 0.3) is 0 Å². The monoisotopic (exact) mass is 412 g/mol. The van der Waals surface area contributed by atoms with Crippen molar-refractivity contribution in [2.75, 3.05) is 4.90 Å². The molecule has 0 spiro atoms. The summed E-state index contributed by atoms with van der Waals surface area (Å²) in [5, 5.41) is 0. The molecule has 4 rings (SSSR count). The van der Waals surface area contributed by atoms with Crippen molar-refractivity contribution in [1.29, 1.82) is 0 Å². The number of imide groups is 1. The van der Waals surface area contributed by atoms with Crippen molar-refractivity contribution in [1.82, 2.24) is 0 Å². The number of aliphatic imine (C=N–C) groups is 1. The van der Waals surface area contributed by atoms with Crippen LogP contribution in [0.2, 0.25) is 0 Å². The summed E-state index contributed by atoms with van der Waals surface area (Å²) >= 11 is 0. The summed E-state index contributed by atoms with van der Waals surface area (Å²) < 4.78 is 35.0. The van der Waals surface area contributed by atoms with E-state index < -0.39 is 59.0 Å². The van der Waals surface area contributed by atoms with Crippen LogP contribution in [0.1, 0.15) is 25.8 Å². The number of rotatable bonds is 4. The molecule has 0 aromatic heterocycles. The highest BCUT2D eigenvalue weighted by Crippen LogP contribution is 2.47. The van der Waals surface area contributed by atoms with Gasteiger partial charge in [-0.3, -0.25) is 14.5 Å². The molecule has 2 aliphatic rings. The summed E-state index contributed by atoms with van der Waals surface area (Å²) in [6.45, 7) is 3.34. The Bertz CT molecular complexity index is 1060. The van der Waals surface area contributed by atoms with E-state index in [1.807, 2.05) is 0 Å². The molecule has 2 aromatic rings. The molecule has 2 atom stereocenters. The summed E-state index contributed by atoms with van der Waals surface area (Å²) in [6.07, 6.45) is -0.413. The number of benzene rings is 2. The Labute approximate surface area is 171 Å². The molecule has 1 saturated heterocycles. The summed E-state index contributed by atoms with van der Waals surface area (Å²) in [6, 6.07) is 11.3. The van der Waals surface area contributed by atoms with E-state index in [-0.39, 0.29) is 5.71 Å². The maximum atomic E-state index is 14.8. The fourth-order valence-corrected chi connectivity index (χ4v) is 3.86. The molecule has 1 fully saturated rings. The first-order valence-electron chi connectivity index (χ1n) is 9.45. The minimum Gasteiger partial charge on any atom is -0.427 e. The summed E-state index contributed by atoms with van der Waals surface area (Å²) in [5.74, 6) is -6.04. The standard InChI is InChI=1S/C22H18F2N2O4/c1-12(2)19-21(29)30-22(25-19,18-15(23)9-6-10-16(18)24)14-11-17(27)26(20(14)28)13-7-4-3-5-8-13/h3-10,12,14H,11H2,1-2H3/t14-,22+/m1/s1. The zero-order valence-electron chi connectivity index (χ0n) is 16.3. The molecule has 2 aromatic carbocycles. The molecular formula is C22H18F2N2O4. The largest absolute Gasteiger partial charge is 0.427 e. The van der Waals surface area contributed by atoms with E-state index in [1.54, 1.807) is 44.2 Å². The van der Waals surface area contributed by atoms with Crippen molar-refractivity contribution >= 4 is 29.2 Å². The van der Waals surface area contributed by atoms with E-state index in [1.165, 1.54) is 0 Å². The van der Waals surface area contributed by atoms with Gasteiger partial charge >= 0.3 is 5.97 Å². The fourth-order valence-electron chi connectivity index (χ4n) is 3.86. The molecule has 0 unspecified atom stereocenters. The van der Waals surface area contributed by atoms with Gasteiger partial charge in [0.05, 0.1) is 11.3 Å². The number of amides is 2. The number of halogens is 2. The fraction of sp³-hybridized carbons (Fsp3) is 0.273. The average molecular weight is 412 g/mol. The highest BCUT2D eigenvalue weighted by molar-refractivity contribution is 6.38. The Morgan fingerprint density at radius 1 is 1.03 bits per heavy atom. The highest BCUT2D eigenvalue weighted by Gasteiger charge is 2.60. The second kappa shape index (κ2) is 7.12. The van der Waals surface area contributed by atoms with Crippen molar-refractivity contribution in [2.24, 2.45) is 16.8 Å². The third-order valence-electron chi connectivity index (χ3n) is 5.25. The van der Waals surface area contributed by atoms with Gasteiger partial charge in [-0.05, 0) is 24.3 Å². The number of para-hydroxylation sites is 1. The minimum atomic E-state index is -2.29. The van der Waals surface area contributed by atoms with Crippen LogP contribution in [0, 0.1) is 23.5 Å². The number of hydrogen-bond acceptors (Lipinski definition) is 5. The van der Waals surface area contributed by atoms with Crippen molar-refractivity contribution in [3.8, 4) is 0 Å². The minimum absolute atomic E-state index is 0.0453. The van der Waals surface area contributed by atoms with Gasteiger partial charge in [0.25, 0.3) is 0 Å². The van der Waals surface area contributed by atoms with Gasteiger partial charge in [-0.15, -0.1) is 0 Å². The van der Waals surface area contributed by atoms with E-state index in [9.17, 15) is 23.2 Å². The zero-order valence-corrected chi connectivity index (χ0v) is 16.3. The molecule has 0 aliphatic carbocycles. The number of esters is 1. The van der Waals surface area contributed by atoms with Gasteiger partial charge in [0.2, 0.25) is 17.5 Å². The number of carbonyl (C=O) groups excluding carboxylic acids is 3. The van der Waals surface area contributed by atoms with Gasteiger partial charge in [-0.25, -0.2) is 18.6 Å². The molecule has 0 bridgehead atoms. The van der Waals surface area contributed by atoms with Crippen LogP contribution in [0.3, 0.4) is 0 Å². The van der Waals surface area contributed by atoms with Crippen LogP contribution in [0.4, 0.5) is 14.5 Å². The molecule has 2 aliphatic heterocycles. The van der Waals surface area contributed by atoms with Gasteiger partial charge in [0, 0.05) is 12.3 Å². The van der Waals surface area contributed by atoms with Crippen LogP contribution in [0.5, 0.6) is 0 Å². The molecule has 2 heterocycles. The number of nitrogens with zero attached hydrogens (tertiary/aromatic N) is 2. The van der Waals surface area contributed by atoms with Crippen LogP contribution in [-0.4, -0.2) is 23.5 Å². The van der Waals surface area contributed by atoms with Crippen molar-refractivity contribution in [3.05, 3.63) is 65.7 Å². The Morgan fingerprint density at radius 2 is 1.67 bits per heavy atom. The Morgan fingerprint density at radius 3 is 2.23 bits per heavy atom. The zero-order chi connectivity index (χ0) is 21.6. The van der Waals surface area contributed by atoms with Gasteiger partial charge in [-0.2, -0.15) is 0 Å². The predicted molar refractivity (Wildman–Crippen MR) is 103 cm³/mol. The van der Waals surface area contributed by atoms with E-state index in [0.717, 1.165) is 23.1 Å². The number of carbonyl (C=O) groups is 3. The smallest absolute Gasteiger partial charge is 0.355 e. The van der Waals surface area contributed by atoms with Gasteiger partial charge in [0.15, 0.2) is 0 Å². The number of cyclic esters (lactones) is 1. The van der Waals surface area contributed by atoms with E-state index >= 15 is 0 Å². The van der Waals surface area contributed by atoms with Crippen LogP contribution in [0.15, 0.2) is 53.5 Å². The summed E-state index contributed by atoms with van der Waals surface area (Å²) in [7, 11) is 0. The second-order valence-corrected chi connectivity index (χ2v) is 7.49. The third-order valence-corrected chi connectivity index (χ3v) is 5.25. The normalized spacial score (nSPS) is 23.9. The van der Waals surface area contributed by atoms with Crippen molar-refractivity contribution in [2.45, 2.75) is 26.0 Å². The Hall–Kier alpha value is -3.42. The molecule has 154 valence electrons.